The highest BCUT2D eigenvalue weighted by Crippen LogP contribution is 2.17. The second-order valence-electron chi connectivity index (χ2n) is 3.44. The molecule has 0 bridgehead atoms. The summed E-state index contributed by atoms with van der Waals surface area (Å²) >= 11 is 0. The van der Waals surface area contributed by atoms with Gasteiger partial charge in [0.25, 0.3) is 0 Å². The van der Waals surface area contributed by atoms with Crippen LogP contribution in [-0.2, 0) is 6.42 Å². The molecule has 78 valence electrons. The molecule has 3 heteroatoms. The van der Waals surface area contributed by atoms with Crippen LogP contribution in [0.25, 0.3) is 0 Å². The van der Waals surface area contributed by atoms with Crippen molar-refractivity contribution >= 4 is 5.97 Å². The molecule has 0 unspecified atom stereocenters. The van der Waals surface area contributed by atoms with Gasteiger partial charge in [0.05, 0.1) is 0 Å². The third kappa shape index (κ3) is 2.62. The summed E-state index contributed by atoms with van der Waals surface area (Å²) in [5.41, 5.74) is 0. The van der Waals surface area contributed by atoms with Gasteiger partial charge in [-0.05, 0) is 18.1 Å². The highest BCUT2D eigenvalue weighted by Gasteiger charge is 2.08. The van der Waals surface area contributed by atoms with Gasteiger partial charge in [-0.2, -0.15) is 0 Å². The van der Waals surface area contributed by atoms with Crippen LogP contribution in [0.2, 0.25) is 0 Å². The summed E-state index contributed by atoms with van der Waals surface area (Å²) in [6, 6.07) is 3.16. The Morgan fingerprint density at radius 1 is 1.43 bits per heavy atom. The second kappa shape index (κ2) is 4.84. The lowest BCUT2D eigenvalue weighted by Gasteiger charge is -2.09. The minimum Gasteiger partial charge on any atom is -0.542 e. The van der Waals surface area contributed by atoms with E-state index in [1.165, 1.54) is 6.07 Å². The van der Waals surface area contributed by atoms with E-state index in [2.05, 4.69) is 13.8 Å². The molecule has 0 aliphatic heterocycles. The molecule has 3 nitrogen and oxygen atoms in total. The zero-order chi connectivity index (χ0) is 10.6. The molecule has 0 saturated carbocycles. The minimum atomic E-state index is -1.25. The van der Waals surface area contributed by atoms with Crippen molar-refractivity contribution in [2.24, 2.45) is 5.92 Å². The number of hydrogen-bond acceptors (Lipinski definition) is 3. The Morgan fingerprint density at radius 2 is 2.07 bits per heavy atom. The lowest BCUT2D eigenvalue weighted by Crippen LogP contribution is -2.21. The minimum absolute atomic E-state index is 0.0778. The average Bonchev–Trinajstić information content (AvgIpc) is 2.62. The smallest absolute Gasteiger partial charge is 0.149 e. The first-order valence-electron chi connectivity index (χ1n) is 4.97. The number of carboxylic acids is 1. The summed E-state index contributed by atoms with van der Waals surface area (Å²) in [6.07, 6.45) is 2.97. The lowest BCUT2D eigenvalue weighted by molar-refractivity contribution is -0.257. The fraction of sp³-hybridized carbons (Fsp3) is 0.545. The zero-order valence-electron chi connectivity index (χ0n) is 8.58. The van der Waals surface area contributed by atoms with Gasteiger partial charge >= 0.3 is 0 Å². The Hall–Kier alpha value is -1.25. The van der Waals surface area contributed by atoms with Crippen molar-refractivity contribution in [2.75, 3.05) is 0 Å². The monoisotopic (exact) mass is 195 g/mol. The van der Waals surface area contributed by atoms with E-state index in [1.807, 2.05) is 0 Å². The molecule has 0 N–H and O–H groups in total. The van der Waals surface area contributed by atoms with E-state index >= 15 is 0 Å². The molecule has 0 fully saturated rings. The number of carbonyl (C=O) groups excluding carboxylic acids is 1. The summed E-state index contributed by atoms with van der Waals surface area (Å²) in [5, 5.41) is 10.4. The number of rotatable bonds is 5. The van der Waals surface area contributed by atoms with Crippen molar-refractivity contribution in [2.45, 2.75) is 33.1 Å². The van der Waals surface area contributed by atoms with Crippen LogP contribution < -0.4 is 5.11 Å². The molecule has 14 heavy (non-hydrogen) atoms. The molecule has 0 saturated heterocycles. The number of carboxylic acid groups (broad SMARTS) is 1. The van der Waals surface area contributed by atoms with Crippen molar-refractivity contribution in [3.05, 3.63) is 23.7 Å². The predicted molar refractivity (Wildman–Crippen MR) is 50.8 cm³/mol. The van der Waals surface area contributed by atoms with Crippen LogP contribution in [0.4, 0.5) is 0 Å². The highest BCUT2D eigenvalue weighted by molar-refractivity contribution is 5.82. The molecule has 1 aromatic rings. The number of hydrogen-bond donors (Lipinski definition) is 0. The average molecular weight is 195 g/mol. The largest absolute Gasteiger partial charge is 0.542 e. The van der Waals surface area contributed by atoms with Gasteiger partial charge in [-0.15, -0.1) is 0 Å². The molecule has 0 amide bonds. The highest BCUT2D eigenvalue weighted by atomic mass is 16.4. The molecule has 0 spiro atoms. The van der Waals surface area contributed by atoms with E-state index in [0.717, 1.165) is 25.0 Å². The molecule has 0 atom stereocenters. The van der Waals surface area contributed by atoms with Gasteiger partial charge in [0.2, 0.25) is 0 Å². The second-order valence-corrected chi connectivity index (χ2v) is 3.44. The maximum absolute atomic E-state index is 10.4. The van der Waals surface area contributed by atoms with Crippen molar-refractivity contribution in [1.82, 2.24) is 0 Å². The molecule has 0 radical (unpaired) electrons. The van der Waals surface area contributed by atoms with Crippen LogP contribution >= 0.6 is 0 Å². The first-order valence-corrected chi connectivity index (χ1v) is 4.97. The van der Waals surface area contributed by atoms with Gasteiger partial charge in [0.15, 0.2) is 0 Å². The molecule has 1 aromatic heterocycles. The Morgan fingerprint density at radius 3 is 2.50 bits per heavy atom. The van der Waals surface area contributed by atoms with Gasteiger partial charge in [-0.3, -0.25) is 0 Å². The van der Waals surface area contributed by atoms with E-state index in [1.54, 1.807) is 6.07 Å². The summed E-state index contributed by atoms with van der Waals surface area (Å²) in [4.78, 5) is 10.4. The first kappa shape index (κ1) is 10.8. The SMILES string of the molecule is CCC(CC)Cc1ccc(C(=O)[O-])o1. The fourth-order valence-electron chi connectivity index (χ4n) is 1.46. The number of furan rings is 1. The van der Waals surface area contributed by atoms with Crippen LogP contribution in [0.15, 0.2) is 16.5 Å². The Kier molecular flexibility index (Phi) is 3.74. The summed E-state index contributed by atoms with van der Waals surface area (Å²) in [6.45, 7) is 4.24. The Labute approximate surface area is 83.7 Å². The van der Waals surface area contributed by atoms with Crippen molar-refractivity contribution in [3.63, 3.8) is 0 Å². The van der Waals surface area contributed by atoms with Gasteiger partial charge in [-0.25, -0.2) is 0 Å². The standard InChI is InChI=1S/C11H16O3/c1-3-8(4-2)7-9-5-6-10(14-9)11(12)13/h5-6,8H,3-4,7H2,1-2H3,(H,12,13)/p-1. The predicted octanol–water partition coefficient (Wildman–Crippen LogP) is 1.62. The van der Waals surface area contributed by atoms with Gasteiger partial charge in [0, 0.05) is 6.42 Å². The van der Waals surface area contributed by atoms with Crippen molar-refractivity contribution in [1.29, 1.82) is 0 Å². The van der Waals surface area contributed by atoms with E-state index in [0.29, 0.717) is 5.92 Å². The molecule has 0 aliphatic rings. The maximum atomic E-state index is 10.4. The zero-order valence-corrected chi connectivity index (χ0v) is 8.58. The van der Waals surface area contributed by atoms with Gasteiger partial charge < -0.3 is 14.3 Å². The lowest BCUT2D eigenvalue weighted by atomic mass is 9.98. The van der Waals surface area contributed by atoms with Gasteiger partial charge in [0.1, 0.15) is 17.5 Å². The van der Waals surface area contributed by atoms with Gasteiger partial charge in [-0.1, -0.05) is 26.7 Å². The summed E-state index contributed by atoms with van der Waals surface area (Å²) in [5.74, 6) is -0.0274. The molecule has 0 aliphatic carbocycles. The molecular weight excluding hydrogens is 180 g/mol. The quantitative estimate of drug-likeness (QED) is 0.717. The summed E-state index contributed by atoms with van der Waals surface area (Å²) < 4.78 is 5.12. The maximum Gasteiger partial charge on any atom is 0.149 e. The number of aromatic carboxylic acids is 1. The van der Waals surface area contributed by atoms with Crippen LogP contribution in [-0.4, -0.2) is 5.97 Å². The first-order chi connectivity index (χ1) is 6.67. The summed E-state index contributed by atoms with van der Waals surface area (Å²) in [7, 11) is 0. The van der Waals surface area contributed by atoms with Crippen LogP contribution in [0.3, 0.4) is 0 Å². The van der Waals surface area contributed by atoms with E-state index in [4.69, 9.17) is 4.42 Å². The number of carbonyl (C=O) groups is 1. The van der Waals surface area contributed by atoms with Crippen molar-refractivity contribution < 1.29 is 14.3 Å². The third-order valence-corrected chi connectivity index (χ3v) is 2.51. The van der Waals surface area contributed by atoms with Crippen LogP contribution in [0, 0.1) is 5.92 Å². The molecule has 0 aromatic carbocycles. The normalized spacial score (nSPS) is 10.8. The van der Waals surface area contributed by atoms with E-state index < -0.39 is 5.97 Å². The fourth-order valence-corrected chi connectivity index (χ4v) is 1.46. The molecule has 1 rings (SSSR count). The van der Waals surface area contributed by atoms with Crippen molar-refractivity contribution in [3.8, 4) is 0 Å². The molecule has 1 heterocycles. The van der Waals surface area contributed by atoms with Crippen LogP contribution in [0.1, 0.15) is 43.0 Å². The van der Waals surface area contributed by atoms with E-state index in [-0.39, 0.29) is 5.76 Å². The van der Waals surface area contributed by atoms with E-state index in [9.17, 15) is 9.90 Å². The Balaban J connectivity index is 2.63. The van der Waals surface area contributed by atoms with Crippen LogP contribution in [0.5, 0.6) is 0 Å². The topological polar surface area (TPSA) is 53.3 Å². The Bertz CT molecular complexity index is 297. The third-order valence-electron chi connectivity index (χ3n) is 2.51. The molecular formula is C11H15O3-.